The van der Waals surface area contributed by atoms with Crippen molar-refractivity contribution in [3.8, 4) is 0 Å². The Morgan fingerprint density at radius 1 is 1.33 bits per heavy atom. The lowest BCUT2D eigenvalue weighted by molar-refractivity contribution is 0.709. The largest absolute Gasteiger partial charge is 0.355 e. The number of imidazole rings is 1. The number of rotatable bonds is 4. The minimum absolute atomic E-state index is 0.331. The zero-order valence-corrected chi connectivity index (χ0v) is 12.5. The molecule has 0 spiro atoms. The Kier molecular flexibility index (Phi) is 3.38. The monoisotopic (exact) mass is 305 g/mol. The Bertz CT molecular complexity index is 888. The topological polar surface area (TPSA) is 84.7 Å². The predicted octanol–water partition coefficient (Wildman–Crippen LogP) is 0.676. The van der Waals surface area contributed by atoms with Gasteiger partial charge in [-0.3, -0.25) is 13.9 Å². The Labute approximate surface area is 123 Å². The number of aryl methyl sites for hydroxylation is 1. The molecule has 0 saturated carbocycles. The van der Waals surface area contributed by atoms with Gasteiger partial charge >= 0.3 is 5.69 Å². The minimum atomic E-state index is -0.385. The molecule has 0 aliphatic heterocycles. The molecule has 7 nitrogen and oxygen atoms in total. The molecule has 3 rings (SSSR count). The fourth-order valence-corrected chi connectivity index (χ4v) is 2.87. The van der Waals surface area contributed by atoms with Gasteiger partial charge in [-0.25, -0.2) is 4.79 Å². The molecule has 0 unspecified atom stereocenters. The fourth-order valence-electron chi connectivity index (χ4n) is 2.17. The molecule has 3 heterocycles. The van der Waals surface area contributed by atoms with Gasteiger partial charge in [0.1, 0.15) is 0 Å². The highest BCUT2D eigenvalue weighted by Crippen LogP contribution is 2.10. The normalized spacial score (nSPS) is 11.1. The highest BCUT2D eigenvalue weighted by atomic mass is 32.1. The Morgan fingerprint density at radius 3 is 2.86 bits per heavy atom. The van der Waals surface area contributed by atoms with Crippen molar-refractivity contribution in [1.29, 1.82) is 0 Å². The van der Waals surface area contributed by atoms with Gasteiger partial charge in [0.25, 0.3) is 5.56 Å². The summed E-state index contributed by atoms with van der Waals surface area (Å²) in [4.78, 5) is 31.1. The summed E-state index contributed by atoms with van der Waals surface area (Å²) < 4.78 is 2.42. The van der Waals surface area contributed by atoms with Crippen LogP contribution >= 0.6 is 11.3 Å². The fraction of sp³-hybridized carbons (Fsp3) is 0.308. The lowest BCUT2D eigenvalue weighted by Gasteiger charge is -2.00. The smallest absolute Gasteiger partial charge is 0.332 e. The van der Waals surface area contributed by atoms with E-state index in [-0.39, 0.29) is 11.2 Å². The van der Waals surface area contributed by atoms with Crippen LogP contribution in [0.5, 0.6) is 0 Å². The second-order valence-corrected chi connectivity index (χ2v) is 5.58. The predicted molar refractivity (Wildman–Crippen MR) is 83.1 cm³/mol. The highest BCUT2D eigenvalue weighted by molar-refractivity contribution is 7.07. The van der Waals surface area contributed by atoms with Crippen LogP contribution in [0.2, 0.25) is 0 Å². The maximum atomic E-state index is 12.0. The number of nitrogens with zero attached hydrogens (tertiary/aromatic N) is 3. The summed E-state index contributed by atoms with van der Waals surface area (Å²) in [5, 5.41) is 7.27. The average Bonchev–Trinajstić information content (AvgIpc) is 3.12. The number of anilines is 1. The van der Waals surface area contributed by atoms with Crippen LogP contribution in [-0.2, 0) is 20.5 Å². The van der Waals surface area contributed by atoms with Crippen LogP contribution in [0.15, 0.2) is 26.4 Å². The Morgan fingerprint density at radius 2 is 2.14 bits per heavy atom. The van der Waals surface area contributed by atoms with E-state index < -0.39 is 0 Å². The maximum absolute atomic E-state index is 12.0. The number of thiophene rings is 1. The number of H-pyrrole nitrogens is 1. The highest BCUT2D eigenvalue weighted by Gasteiger charge is 2.12. The average molecular weight is 305 g/mol. The summed E-state index contributed by atoms with van der Waals surface area (Å²) in [7, 11) is 3.05. The molecule has 0 radical (unpaired) electrons. The van der Waals surface area contributed by atoms with E-state index >= 15 is 0 Å². The molecule has 0 fully saturated rings. The van der Waals surface area contributed by atoms with Crippen LogP contribution < -0.4 is 16.6 Å². The Balaban J connectivity index is 1.88. The van der Waals surface area contributed by atoms with Crippen molar-refractivity contribution in [2.75, 3.05) is 11.9 Å². The van der Waals surface area contributed by atoms with Crippen LogP contribution in [0.4, 0.5) is 5.95 Å². The molecule has 110 valence electrons. The van der Waals surface area contributed by atoms with Gasteiger partial charge in [-0.1, -0.05) is 0 Å². The first-order valence-electron chi connectivity index (χ1n) is 6.48. The van der Waals surface area contributed by atoms with Crippen LogP contribution in [0.25, 0.3) is 11.2 Å². The van der Waals surface area contributed by atoms with E-state index in [2.05, 4.69) is 26.7 Å². The van der Waals surface area contributed by atoms with Crippen LogP contribution in [0, 0.1) is 0 Å². The van der Waals surface area contributed by atoms with Gasteiger partial charge in [0.2, 0.25) is 5.95 Å². The molecule has 0 saturated heterocycles. The van der Waals surface area contributed by atoms with Crippen molar-refractivity contribution >= 4 is 28.4 Å². The molecule has 21 heavy (non-hydrogen) atoms. The molecular weight excluding hydrogens is 290 g/mol. The Hall–Kier alpha value is -2.35. The van der Waals surface area contributed by atoms with E-state index in [1.807, 2.05) is 5.38 Å². The van der Waals surface area contributed by atoms with Gasteiger partial charge in [-0.15, -0.1) is 0 Å². The van der Waals surface area contributed by atoms with Crippen molar-refractivity contribution in [3.05, 3.63) is 43.2 Å². The second-order valence-electron chi connectivity index (χ2n) is 4.80. The third-order valence-electron chi connectivity index (χ3n) is 3.38. The van der Waals surface area contributed by atoms with E-state index in [0.29, 0.717) is 23.7 Å². The molecule has 0 aliphatic carbocycles. The van der Waals surface area contributed by atoms with Gasteiger partial charge in [-0.2, -0.15) is 16.3 Å². The third kappa shape index (κ3) is 2.38. The zero-order valence-electron chi connectivity index (χ0n) is 11.7. The van der Waals surface area contributed by atoms with Gasteiger partial charge in [0, 0.05) is 20.6 Å². The van der Waals surface area contributed by atoms with E-state index in [4.69, 9.17) is 0 Å². The first-order chi connectivity index (χ1) is 10.1. The SMILES string of the molecule is Cn1c(=O)c2[nH]c(NCCc3ccsc3)nc2n(C)c1=O. The van der Waals surface area contributed by atoms with E-state index in [0.717, 1.165) is 11.0 Å². The van der Waals surface area contributed by atoms with Gasteiger partial charge in [-0.05, 0) is 28.8 Å². The van der Waals surface area contributed by atoms with E-state index in [1.165, 1.54) is 17.2 Å². The van der Waals surface area contributed by atoms with Crippen LogP contribution in [0.3, 0.4) is 0 Å². The number of aromatic amines is 1. The molecular formula is C13H15N5O2S. The zero-order chi connectivity index (χ0) is 15.0. The molecule has 0 bridgehead atoms. The molecule has 0 atom stereocenters. The van der Waals surface area contributed by atoms with Crippen LogP contribution in [0.1, 0.15) is 5.56 Å². The molecule has 2 N–H and O–H groups in total. The number of hydrogen-bond acceptors (Lipinski definition) is 5. The van der Waals surface area contributed by atoms with Gasteiger partial charge < -0.3 is 10.3 Å². The summed E-state index contributed by atoms with van der Waals surface area (Å²) in [6, 6.07) is 2.07. The molecule has 3 aromatic heterocycles. The number of hydrogen-bond donors (Lipinski definition) is 2. The third-order valence-corrected chi connectivity index (χ3v) is 4.11. The first kappa shape index (κ1) is 13.6. The van der Waals surface area contributed by atoms with Crippen molar-refractivity contribution < 1.29 is 0 Å². The summed E-state index contributed by atoms with van der Waals surface area (Å²) in [5.41, 5.74) is 1.20. The number of nitrogens with one attached hydrogen (secondary N) is 2. The summed E-state index contributed by atoms with van der Waals surface area (Å²) in [5.74, 6) is 0.499. The molecule has 8 heteroatoms. The van der Waals surface area contributed by atoms with Crippen molar-refractivity contribution in [2.24, 2.45) is 14.1 Å². The lowest BCUT2D eigenvalue weighted by atomic mass is 10.2. The summed E-state index contributed by atoms with van der Waals surface area (Å²) >= 11 is 1.66. The minimum Gasteiger partial charge on any atom is -0.355 e. The van der Waals surface area contributed by atoms with Crippen molar-refractivity contribution in [1.82, 2.24) is 19.1 Å². The summed E-state index contributed by atoms with van der Waals surface area (Å²) in [6.07, 6.45) is 0.873. The maximum Gasteiger partial charge on any atom is 0.332 e. The summed E-state index contributed by atoms with van der Waals surface area (Å²) in [6.45, 7) is 0.699. The standard InChI is InChI=1S/C13H15N5O2S/c1-17-10-9(11(19)18(2)13(17)20)15-12(16-10)14-5-3-8-4-6-21-7-8/h4,6-7H,3,5H2,1-2H3,(H2,14,15,16). The van der Waals surface area contributed by atoms with Gasteiger partial charge in [0.05, 0.1) is 0 Å². The molecule has 0 aliphatic rings. The molecule has 0 aromatic carbocycles. The van der Waals surface area contributed by atoms with Crippen LogP contribution in [-0.4, -0.2) is 25.6 Å². The number of aromatic nitrogens is 4. The van der Waals surface area contributed by atoms with Crippen molar-refractivity contribution in [2.45, 2.75) is 6.42 Å². The number of fused-ring (bicyclic) bond motifs is 1. The second kappa shape index (κ2) is 5.21. The van der Waals surface area contributed by atoms with Gasteiger partial charge in [0.15, 0.2) is 11.2 Å². The van der Waals surface area contributed by atoms with E-state index in [9.17, 15) is 9.59 Å². The quantitative estimate of drug-likeness (QED) is 0.742. The lowest BCUT2D eigenvalue weighted by Crippen LogP contribution is -2.36. The van der Waals surface area contributed by atoms with E-state index in [1.54, 1.807) is 18.4 Å². The molecule has 3 aromatic rings. The van der Waals surface area contributed by atoms with Crippen molar-refractivity contribution in [3.63, 3.8) is 0 Å². The first-order valence-corrected chi connectivity index (χ1v) is 7.43. The molecule has 0 amide bonds.